The minimum Gasteiger partial charge on any atom is -0.0590 e. The van der Waals surface area contributed by atoms with E-state index in [0.29, 0.717) is 0 Å². The van der Waals surface area contributed by atoms with Crippen molar-refractivity contribution >= 4 is 0 Å². The van der Waals surface area contributed by atoms with Crippen LogP contribution in [0.25, 0.3) is 11.1 Å². The van der Waals surface area contributed by atoms with Gasteiger partial charge in [0.1, 0.15) is 0 Å². The lowest BCUT2D eigenvalue weighted by atomic mass is 9.98. The molecule has 0 nitrogen and oxygen atoms in total. The van der Waals surface area contributed by atoms with E-state index in [1.807, 2.05) is 0 Å². The van der Waals surface area contributed by atoms with Crippen molar-refractivity contribution in [3.8, 4) is 11.1 Å². The van der Waals surface area contributed by atoms with E-state index in [0.717, 1.165) is 0 Å². The average Bonchev–Trinajstić information content (AvgIpc) is 2.23. The van der Waals surface area contributed by atoms with Crippen molar-refractivity contribution in [1.82, 2.24) is 0 Å². The summed E-state index contributed by atoms with van der Waals surface area (Å²) in [6, 6.07) is 15.3. The summed E-state index contributed by atoms with van der Waals surface area (Å²) < 4.78 is 0. The highest BCUT2D eigenvalue weighted by Gasteiger charge is 2.01. The van der Waals surface area contributed by atoms with E-state index in [1.54, 1.807) is 0 Å². The molecule has 76 valence electrons. The molecule has 0 amide bonds. The summed E-state index contributed by atoms with van der Waals surface area (Å²) in [6.45, 7) is 6.42. The summed E-state index contributed by atoms with van der Waals surface area (Å²) in [5.74, 6) is 0. The zero-order chi connectivity index (χ0) is 10.8. The van der Waals surface area contributed by atoms with Gasteiger partial charge in [-0.25, -0.2) is 0 Å². The molecule has 0 radical (unpaired) electrons. The molecule has 2 rings (SSSR count). The van der Waals surface area contributed by atoms with Gasteiger partial charge in [0, 0.05) is 0 Å². The fourth-order valence-corrected chi connectivity index (χ4v) is 1.78. The highest BCUT2D eigenvalue weighted by Crippen LogP contribution is 2.24. The number of hydrogen-bond acceptors (Lipinski definition) is 0. The first-order chi connectivity index (χ1) is 7.16. The Balaban J connectivity index is 2.53. The second kappa shape index (κ2) is 3.90. The smallest absolute Gasteiger partial charge is 0.0152 e. The van der Waals surface area contributed by atoms with Gasteiger partial charge in [0.15, 0.2) is 0 Å². The quantitative estimate of drug-likeness (QED) is 0.638. The molecule has 0 heterocycles. The molecule has 2 aromatic carbocycles. The van der Waals surface area contributed by atoms with Gasteiger partial charge in [-0.3, -0.25) is 0 Å². The Hall–Kier alpha value is -1.56. The summed E-state index contributed by atoms with van der Waals surface area (Å²) in [6.07, 6.45) is 0. The van der Waals surface area contributed by atoms with Crippen LogP contribution in [-0.2, 0) is 0 Å². The van der Waals surface area contributed by atoms with Crippen LogP contribution >= 0.6 is 0 Å². The van der Waals surface area contributed by atoms with Gasteiger partial charge in [-0.2, -0.15) is 0 Å². The van der Waals surface area contributed by atoms with Gasteiger partial charge in [-0.05, 0) is 37.5 Å². The maximum Gasteiger partial charge on any atom is -0.0152 e. The first-order valence-electron chi connectivity index (χ1n) is 5.31. The van der Waals surface area contributed by atoms with Crippen molar-refractivity contribution in [3.63, 3.8) is 0 Å². The van der Waals surface area contributed by atoms with E-state index in [4.69, 9.17) is 0 Å². The SMILES string of the molecule is Cc1ccc(-c2cc(C)ccc2C)cc1. The van der Waals surface area contributed by atoms with E-state index in [9.17, 15) is 0 Å². The highest BCUT2D eigenvalue weighted by molar-refractivity contribution is 5.68. The minimum atomic E-state index is 1.31. The van der Waals surface area contributed by atoms with Crippen molar-refractivity contribution in [2.45, 2.75) is 20.8 Å². The molecule has 2 aromatic rings. The molecule has 15 heavy (non-hydrogen) atoms. The van der Waals surface area contributed by atoms with Gasteiger partial charge in [0.25, 0.3) is 0 Å². The molecule has 0 saturated carbocycles. The van der Waals surface area contributed by atoms with Crippen LogP contribution < -0.4 is 0 Å². The second-order valence-electron chi connectivity index (χ2n) is 4.18. The monoisotopic (exact) mass is 196 g/mol. The predicted molar refractivity (Wildman–Crippen MR) is 66.1 cm³/mol. The standard InChI is InChI=1S/C15H16/c1-11-5-8-14(9-6-11)15-10-12(2)4-7-13(15)3/h4-10H,1-3H3. The predicted octanol–water partition coefficient (Wildman–Crippen LogP) is 4.28. The Kier molecular flexibility index (Phi) is 2.59. The molecule has 0 heteroatoms. The van der Waals surface area contributed by atoms with Crippen LogP contribution in [0.3, 0.4) is 0 Å². The van der Waals surface area contributed by atoms with Crippen molar-refractivity contribution in [2.24, 2.45) is 0 Å². The molecule has 0 N–H and O–H groups in total. The Morgan fingerprint density at radius 3 is 1.93 bits per heavy atom. The third kappa shape index (κ3) is 2.10. The summed E-state index contributed by atoms with van der Waals surface area (Å²) >= 11 is 0. The molecule has 0 aliphatic carbocycles. The van der Waals surface area contributed by atoms with Crippen LogP contribution in [-0.4, -0.2) is 0 Å². The Labute approximate surface area is 91.6 Å². The van der Waals surface area contributed by atoms with E-state index in [-0.39, 0.29) is 0 Å². The van der Waals surface area contributed by atoms with Crippen LogP contribution in [0.15, 0.2) is 42.5 Å². The highest BCUT2D eigenvalue weighted by atomic mass is 14.1. The van der Waals surface area contributed by atoms with Crippen LogP contribution in [0, 0.1) is 20.8 Å². The molecule has 0 aliphatic rings. The fourth-order valence-electron chi connectivity index (χ4n) is 1.78. The molecule has 0 fully saturated rings. The zero-order valence-corrected chi connectivity index (χ0v) is 9.54. The van der Waals surface area contributed by atoms with E-state index in [1.165, 1.54) is 27.8 Å². The van der Waals surface area contributed by atoms with Gasteiger partial charge >= 0.3 is 0 Å². The number of aryl methyl sites for hydroxylation is 3. The third-order valence-corrected chi connectivity index (χ3v) is 2.76. The maximum absolute atomic E-state index is 2.25. The number of hydrogen-bond donors (Lipinski definition) is 0. The second-order valence-corrected chi connectivity index (χ2v) is 4.18. The molecule has 0 spiro atoms. The summed E-state index contributed by atoms with van der Waals surface area (Å²) in [7, 11) is 0. The topological polar surface area (TPSA) is 0 Å². The summed E-state index contributed by atoms with van der Waals surface area (Å²) in [4.78, 5) is 0. The van der Waals surface area contributed by atoms with E-state index >= 15 is 0 Å². The first kappa shape index (κ1) is 9.97. The molecule has 0 unspecified atom stereocenters. The van der Waals surface area contributed by atoms with Gasteiger partial charge in [0.05, 0.1) is 0 Å². The van der Waals surface area contributed by atoms with Crippen LogP contribution in [0.5, 0.6) is 0 Å². The van der Waals surface area contributed by atoms with Gasteiger partial charge in [-0.15, -0.1) is 0 Å². The number of rotatable bonds is 1. The summed E-state index contributed by atoms with van der Waals surface area (Å²) in [5.41, 5.74) is 6.61. The minimum absolute atomic E-state index is 1.31. The van der Waals surface area contributed by atoms with Gasteiger partial charge in [-0.1, -0.05) is 53.6 Å². The van der Waals surface area contributed by atoms with Crippen molar-refractivity contribution in [2.75, 3.05) is 0 Å². The average molecular weight is 196 g/mol. The fraction of sp³-hybridized carbons (Fsp3) is 0.200. The van der Waals surface area contributed by atoms with Crippen molar-refractivity contribution < 1.29 is 0 Å². The maximum atomic E-state index is 2.25. The van der Waals surface area contributed by atoms with Gasteiger partial charge < -0.3 is 0 Å². The number of benzene rings is 2. The molecule has 0 aliphatic heterocycles. The summed E-state index contributed by atoms with van der Waals surface area (Å²) in [5, 5.41) is 0. The lowest BCUT2D eigenvalue weighted by Gasteiger charge is -2.07. The van der Waals surface area contributed by atoms with Crippen molar-refractivity contribution in [1.29, 1.82) is 0 Å². The van der Waals surface area contributed by atoms with Crippen LogP contribution in [0.2, 0.25) is 0 Å². The Morgan fingerprint density at radius 1 is 0.667 bits per heavy atom. The van der Waals surface area contributed by atoms with Crippen LogP contribution in [0.1, 0.15) is 16.7 Å². The van der Waals surface area contributed by atoms with Crippen molar-refractivity contribution in [3.05, 3.63) is 59.2 Å². The first-order valence-corrected chi connectivity index (χ1v) is 5.31. The Morgan fingerprint density at radius 2 is 1.27 bits per heavy atom. The molecular formula is C15H16. The zero-order valence-electron chi connectivity index (χ0n) is 9.54. The lowest BCUT2D eigenvalue weighted by Crippen LogP contribution is -1.84. The molecule has 0 aromatic heterocycles. The van der Waals surface area contributed by atoms with E-state index < -0.39 is 0 Å². The molecule has 0 saturated heterocycles. The normalized spacial score (nSPS) is 10.3. The molecule has 0 atom stereocenters. The third-order valence-electron chi connectivity index (χ3n) is 2.76. The van der Waals surface area contributed by atoms with Crippen LogP contribution in [0.4, 0.5) is 0 Å². The molecule has 0 bridgehead atoms. The van der Waals surface area contributed by atoms with E-state index in [2.05, 4.69) is 63.2 Å². The lowest BCUT2D eigenvalue weighted by molar-refractivity contribution is 1.38. The Bertz CT molecular complexity index is 464. The van der Waals surface area contributed by atoms with Gasteiger partial charge in [0.2, 0.25) is 0 Å². The largest absolute Gasteiger partial charge is 0.0590 e. The molecular weight excluding hydrogens is 180 g/mol.